The average molecular weight is 518 g/mol. The number of hydrogen-bond donors (Lipinski definition) is 0. The minimum atomic E-state index is -0.654. The predicted octanol–water partition coefficient (Wildman–Crippen LogP) is 7.00. The first-order chi connectivity index (χ1) is 18.0. The molecule has 2 aromatic rings. The number of unbranched alkanes of at least 4 members (excludes halogenated alkanes) is 3. The third kappa shape index (κ3) is 5.17. The summed E-state index contributed by atoms with van der Waals surface area (Å²) in [6.45, 7) is 2.51. The second kappa shape index (κ2) is 11.2. The van der Waals surface area contributed by atoms with Crippen LogP contribution in [0, 0.1) is 17.0 Å². The standard InChI is InChI=1S/C30H35F4NO2/c1-20-12-24-23-9-5-4-8-21(23)13-25(24)29(35(20)17-30(16-32)18-36-19-30)28-26(33)14-22(15-27(28)34)37-11-7-3-2-6-10-31/h4-5,8-9,14-15,20,29H,2-3,6-7,10-13,16-19H2,1H3/t20-,29+/m1/s1. The Balaban J connectivity index is 1.46. The maximum absolute atomic E-state index is 15.8. The van der Waals surface area contributed by atoms with E-state index in [2.05, 4.69) is 24.0 Å². The Morgan fingerprint density at radius 1 is 1.03 bits per heavy atom. The molecule has 2 atom stereocenters. The largest absolute Gasteiger partial charge is 0.493 e. The SMILES string of the molecule is C[C@@H]1CC2=C(Cc3ccccc32)[C@@H](c2c(F)cc(OCCCCCCF)cc2F)N1CC1(CF)COC1. The molecule has 0 unspecified atom stereocenters. The van der Waals surface area contributed by atoms with Gasteiger partial charge in [0.25, 0.3) is 0 Å². The first-order valence-electron chi connectivity index (χ1n) is 13.3. The zero-order valence-corrected chi connectivity index (χ0v) is 21.4. The Kier molecular flexibility index (Phi) is 7.91. The molecule has 0 aromatic heterocycles. The van der Waals surface area contributed by atoms with Gasteiger partial charge in [0.2, 0.25) is 0 Å². The molecule has 5 rings (SSSR count). The molecule has 3 nitrogen and oxygen atoms in total. The summed E-state index contributed by atoms with van der Waals surface area (Å²) in [5.41, 5.74) is 3.80. The smallest absolute Gasteiger partial charge is 0.134 e. The maximum atomic E-state index is 15.8. The quantitative estimate of drug-likeness (QED) is 0.237. The van der Waals surface area contributed by atoms with Gasteiger partial charge < -0.3 is 9.47 Å². The molecule has 0 saturated carbocycles. The fraction of sp³-hybridized carbons (Fsp3) is 0.533. The van der Waals surface area contributed by atoms with Gasteiger partial charge in [-0.3, -0.25) is 13.7 Å². The highest BCUT2D eigenvalue weighted by atomic mass is 19.1. The topological polar surface area (TPSA) is 21.7 Å². The highest BCUT2D eigenvalue weighted by Gasteiger charge is 2.47. The second-order valence-corrected chi connectivity index (χ2v) is 10.8. The summed E-state index contributed by atoms with van der Waals surface area (Å²) in [7, 11) is 0. The molecule has 0 bridgehead atoms. The monoisotopic (exact) mass is 517 g/mol. The molecule has 2 aliphatic heterocycles. The van der Waals surface area contributed by atoms with Crippen LogP contribution in [0.15, 0.2) is 42.0 Å². The van der Waals surface area contributed by atoms with Crippen molar-refractivity contribution in [2.45, 2.75) is 57.5 Å². The van der Waals surface area contributed by atoms with Crippen LogP contribution in [0.4, 0.5) is 17.6 Å². The predicted molar refractivity (Wildman–Crippen MR) is 136 cm³/mol. The van der Waals surface area contributed by atoms with Gasteiger partial charge in [0.1, 0.15) is 24.1 Å². The number of halogens is 4. The van der Waals surface area contributed by atoms with Crippen LogP contribution in [-0.4, -0.2) is 50.7 Å². The van der Waals surface area contributed by atoms with Crippen LogP contribution >= 0.6 is 0 Å². The summed E-state index contributed by atoms with van der Waals surface area (Å²) in [6.07, 6.45) is 4.15. The van der Waals surface area contributed by atoms with E-state index in [-0.39, 0.29) is 24.0 Å². The van der Waals surface area contributed by atoms with E-state index in [9.17, 15) is 8.78 Å². The van der Waals surface area contributed by atoms with Crippen molar-refractivity contribution in [3.8, 4) is 5.75 Å². The molecule has 37 heavy (non-hydrogen) atoms. The van der Waals surface area contributed by atoms with Crippen molar-refractivity contribution >= 4 is 5.57 Å². The van der Waals surface area contributed by atoms with Gasteiger partial charge in [0, 0.05) is 30.3 Å². The summed E-state index contributed by atoms with van der Waals surface area (Å²) < 4.78 is 68.9. The van der Waals surface area contributed by atoms with Gasteiger partial charge in [0.05, 0.1) is 38.0 Å². The Hall–Kier alpha value is -2.38. The minimum absolute atomic E-state index is 0.00333. The van der Waals surface area contributed by atoms with Crippen LogP contribution in [0.5, 0.6) is 5.75 Å². The van der Waals surface area contributed by atoms with Crippen molar-refractivity contribution in [2.24, 2.45) is 5.41 Å². The molecule has 200 valence electrons. The molecule has 7 heteroatoms. The van der Waals surface area contributed by atoms with Crippen LogP contribution < -0.4 is 4.74 Å². The van der Waals surface area contributed by atoms with E-state index in [1.165, 1.54) is 12.1 Å². The van der Waals surface area contributed by atoms with Crippen LogP contribution in [0.25, 0.3) is 5.57 Å². The van der Waals surface area contributed by atoms with Crippen molar-refractivity contribution in [2.75, 3.05) is 39.7 Å². The summed E-state index contributed by atoms with van der Waals surface area (Å²) in [6, 6.07) is 9.99. The van der Waals surface area contributed by atoms with E-state index in [4.69, 9.17) is 9.47 Å². The highest BCUT2D eigenvalue weighted by Crippen LogP contribution is 2.51. The number of ether oxygens (including phenoxy) is 2. The normalized spacial score (nSPS) is 22.5. The number of nitrogens with zero attached hydrogens (tertiary/aromatic N) is 1. The molecule has 3 aliphatic rings. The molecule has 0 spiro atoms. The first kappa shape index (κ1) is 26.2. The Bertz CT molecular complexity index is 1120. The van der Waals surface area contributed by atoms with E-state index in [1.54, 1.807) is 0 Å². The number of rotatable bonds is 11. The maximum Gasteiger partial charge on any atom is 0.134 e. The van der Waals surface area contributed by atoms with Crippen LogP contribution in [0.1, 0.15) is 61.8 Å². The first-order valence-corrected chi connectivity index (χ1v) is 13.3. The van der Waals surface area contributed by atoms with Gasteiger partial charge in [-0.2, -0.15) is 0 Å². The van der Waals surface area contributed by atoms with E-state index >= 15 is 8.78 Å². The average Bonchev–Trinajstić information content (AvgIpc) is 3.22. The molecular weight excluding hydrogens is 482 g/mol. The summed E-state index contributed by atoms with van der Waals surface area (Å²) in [5, 5.41) is 0. The molecule has 0 radical (unpaired) electrons. The van der Waals surface area contributed by atoms with Crippen LogP contribution in [0.2, 0.25) is 0 Å². The minimum Gasteiger partial charge on any atom is -0.493 e. The number of alkyl halides is 2. The third-order valence-corrected chi connectivity index (χ3v) is 8.08. The van der Waals surface area contributed by atoms with Crippen LogP contribution in [0.3, 0.4) is 0 Å². The Morgan fingerprint density at radius 3 is 2.43 bits per heavy atom. The Morgan fingerprint density at radius 2 is 1.76 bits per heavy atom. The summed E-state index contributed by atoms with van der Waals surface area (Å²) >= 11 is 0. The van der Waals surface area contributed by atoms with E-state index in [1.807, 2.05) is 12.1 Å². The lowest BCUT2D eigenvalue weighted by molar-refractivity contribution is -0.143. The number of fused-ring (bicyclic) bond motifs is 2. The lowest BCUT2D eigenvalue weighted by Crippen LogP contribution is -2.56. The number of benzene rings is 2. The molecule has 1 fully saturated rings. The summed E-state index contributed by atoms with van der Waals surface area (Å²) in [5.74, 6) is -1.16. The van der Waals surface area contributed by atoms with Gasteiger partial charge in [-0.25, -0.2) is 8.78 Å². The van der Waals surface area contributed by atoms with Gasteiger partial charge in [0.15, 0.2) is 0 Å². The van der Waals surface area contributed by atoms with Gasteiger partial charge in [-0.05, 0) is 61.3 Å². The van der Waals surface area contributed by atoms with Crippen molar-refractivity contribution in [1.82, 2.24) is 4.90 Å². The fourth-order valence-electron chi connectivity index (χ4n) is 6.05. The molecule has 2 heterocycles. The molecule has 2 aromatic carbocycles. The fourth-order valence-corrected chi connectivity index (χ4v) is 6.05. The molecule has 1 saturated heterocycles. The number of hydrogen-bond acceptors (Lipinski definition) is 3. The van der Waals surface area contributed by atoms with E-state index in [0.717, 1.165) is 41.5 Å². The van der Waals surface area contributed by atoms with Crippen molar-refractivity contribution < 1.29 is 27.0 Å². The van der Waals surface area contributed by atoms with Crippen molar-refractivity contribution in [1.29, 1.82) is 0 Å². The van der Waals surface area contributed by atoms with Crippen molar-refractivity contribution in [3.05, 3.63) is 70.3 Å². The second-order valence-electron chi connectivity index (χ2n) is 10.8. The molecule has 0 amide bonds. The lowest BCUT2D eigenvalue weighted by atomic mass is 9.80. The molecular formula is C30H35F4NO2. The third-order valence-electron chi connectivity index (χ3n) is 8.08. The zero-order chi connectivity index (χ0) is 26.0. The van der Waals surface area contributed by atoms with E-state index < -0.39 is 29.8 Å². The van der Waals surface area contributed by atoms with Gasteiger partial charge >= 0.3 is 0 Å². The lowest BCUT2D eigenvalue weighted by Gasteiger charge is -2.49. The summed E-state index contributed by atoms with van der Waals surface area (Å²) in [4.78, 5) is 2.08. The van der Waals surface area contributed by atoms with Gasteiger partial charge in [-0.15, -0.1) is 0 Å². The zero-order valence-electron chi connectivity index (χ0n) is 21.4. The molecule has 0 N–H and O–H groups in total. The van der Waals surface area contributed by atoms with Crippen LogP contribution in [-0.2, 0) is 11.2 Å². The van der Waals surface area contributed by atoms with Crippen molar-refractivity contribution in [3.63, 3.8) is 0 Å². The Labute approximate surface area is 216 Å². The highest BCUT2D eigenvalue weighted by molar-refractivity contribution is 5.79. The van der Waals surface area contributed by atoms with Gasteiger partial charge in [-0.1, -0.05) is 30.7 Å². The van der Waals surface area contributed by atoms with E-state index in [0.29, 0.717) is 45.6 Å². The molecule has 1 aliphatic carbocycles.